The van der Waals surface area contributed by atoms with Crippen LogP contribution in [0.4, 0.5) is 0 Å². The van der Waals surface area contributed by atoms with Gasteiger partial charge in [0.05, 0.1) is 21.3 Å². The average Bonchev–Trinajstić information content (AvgIpc) is 2.28. The molecule has 0 aliphatic rings. The molecule has 1 aromatic rings. The Morgan fingerprint density at radius 2 is 1.67 bits per heavy atom. The Balaban J connectivity index is 3.21. The summed E-state index contributed by atoms with van der Waals surface area (Å²) < 4.78 is 15.8. The van der Waals surface area contributed by atoms with E-state index in [0.717, 1.165) is 12.1 Å². The number of methoxy groups -OCH3 is 3. The minimum Gasteiger partial charge on any atom is -0.493 e. The zero-order valence-corrected chi connectivity index (χ0v) is 9.59. The first kappa shape index (κ1) is 11.7. The van der Waals surface area contributed by atoms with E-state index in [2.05, 4.69) is 5.32 Å². The van der Waals surface area contributed by atoms with Crippen LogP contribution in [0.5, 0.6) is 17.2 Å². The lowest BCUT2D eigenvalue weighted by molar-refractivity contribution is 0.322. The van der Waals surface area contributed by atoms with Gasteiger partial charge in [-0.05, 0) is 13.1 Å². The number of hydrogen-bond donors (Lipinski definition) is 1. The molecule has 4 heteroatoms. The maximum Gasteiger partial charge on any atom is 0.203 e. The minimum absolute atomic E-state index is 0.632. The van der Waals surface area contributed by atoms with E-state index in [4.69, 9.17) is 14.2 Å². The van der Waals surface area contributed by atoms with Crippen molar-refractivity contribution in [2.75, 3.05) is 28.4 Å². The maximum absolute atomic E-state index is 5.32. The molecule has 0 atom stereocenters. The van der Waals surface area contributed by atoms with Gasteiger partial charge in [0.15, 0.2) is 11.5 Å². The third kappa shape index (κ3) is 2.33. The summed E-state index contributed by atoms with van der Waals surface area (Å²) in [4.78, 5) is 0. The molecule has 0 saturated carbocycles. The first-order chi connectivity index (χ1) is 7.28. The van der Waals surface area contributed by atoms with E-state index in [0.29, 0.717) is 17.2 Å². The van der Waals surface area contributed by atoms with Gasteiger partial charge in [0, 0.05) is 12.1 Å². The fourth-order valence-electron chi connectivity index (χ4n) is 1.49. The molecule has 0 radical (unpaired) electrons. The van der Waals surface area contributed by atoms with Crippen LogP contribution < -0.4 is 19.5 Å². The second kappa shape index (κ2) is 5.46. The predicted octanol–water partition coefficient (Wildman–Crippen LogP) is 1.43. The molecule has 0 aliphatic heterocycles. The molecule has 1 N–H and O–H groups in total. The third-order valence-corrected chi connectivity index (χ3v) is 2.15. The third-order valence-electron chi connectivity index (χ3n) is 2.15. The Labute approximate surface area is 90.1 Å². The van der Waals surface area contributed by atoms with Gasteiger partial charge in [0.1, 0.15) is 0 Å². The summed E-state index contributed by atoms with van der Waals surface area (Å²) in [6, 6.07) is 3.82. The van der Waals surface area contributed by atoms with Crippen molar-refractivity contribution < 1.29 is 14.2 Å². The van der Waals surface area contributed by atoms with Gasteiger partial charge in [0.2, 0.25) is 5.75 Å². The van der Waals surface area contributed by atoms with Gasteiger partial charge in [-0.2, -0.15) is 0 Å². The lowest BCUT2D eigenvalue weighted by Gasteiger charge is -2.15. The summed E-state index contributed by atoms with van der Waals surface area (Å²) in [6.07, 6.45) is 0. The van der Waals surface area contributed by atoms with E-state index in [1.165, 1.54) is 0 Å². The Bertz CT molecular complexity index is 326. The number of rotatable bonds is 5. The number of hydrogen-bond acceptors (Lipinski definition) is 4. The van der Waals surface area contributed by atoms with Crippen molar-refractivity contribution in [1.29, 1.82) is 0 Å². The molecule has 0 amide bonds. The molecule has 0 bridgehead atoms. The molecule has 0 saturated heterocycles. The van der Waals surface area contributed by atoms with Crippen molar-refractivity contribution >= 4 is 0 Å². The van der Waals surface area contributed by atoms with Crippen molar-refractivity contribution in [3.05, 3.63) is 17.7 Å². The van der Waals surface area contributed by atoms with E-state index >= 15 is 0 Å². The van der Waals surface area contributed by atoms with Crippen molar-refractivity contribution in [2.24, 2.45) is 0 Å². The van der Waals surface area contributed by atoms with Crippen LogP contribution in [-0.4, -0.2) is 28.4 Å². The molecule has 0 heterocycles. The largest absolute Gasteiger partial charge is 0.493 e. The molecule has 0 aromatic heterocycles. The molecule has 15 heavy (non-hydrogen) atoms. The first-order valence-corrected chi connectivity index (χ1v) is 4.70. The van der Waals surface area contributed by atoms with Gasteiger partial charge in [-0.25, -0.2) is 0 Å². The Kier molecular flexibility index (Phi) is 4.24. The van der Waals surface area contributed by atoms with Crippen LogP contribution >= 0.6 is 0 Å². The summed E-state index contributed by atoms with van der Waals surface area (Å²) >= 11 is 0. The van der Waals surface area contributed by atoms with Crippen molar-refractivity contribution in [2.45, 2.75) is 6.54 Å². The summed E-state index contributed by atoms with van der Waals surface area (Å²) in [5.74, 6) is 2.02. The van der Waals surface area contributed by atoms with E-state index in [9.17, 15) is 0 Å². The molecule has 0 fully saturated rings. The predicted molar refractivity (Wildman–Crippen MR) is 58.9 cm³/mol. The Morgan fingerprint density at radius 1 is 1.00 bits per heavy atom. The monoisotopic (exact) mass is 211 g/mol. The van der Waals surface area contributed by atoms with Gasteiger partial charge in [-0.1, -0.05) is 6.07 Å². The van der Waals surface area contributed by atoms with Crippen LogP contribution in [0.25, 0.3) is 0 Å². The SMILES string of the molecule is CNCc1ccc(OC)c(OC)c1OC. The van der Waals surface area contributed by atoms with Crippen LogP contribution in [-0.2, 0) is 6.54 Å². The summed E-state index contributed by atoms with van der Waals surface area (Å²) in [5, 5.41) is 3.07. The van der Waals surface area contributed by atoms with Gasteiger partial charge >= 0.3 is 0 Å². The fourth-order valence-corrected chi connectivity index (χ4v) is 1.49. The standard InChI is InChI=1S/C11H17NO3/c1-12-7-8-5-6-9(13-2)11(15-4)10(8)14-3/h5-6,12H,7H2,1-4H3. The highest BCUT2D eigenvalue weighted by Crippen LogP contribution is 2.39. The van der Waals surface area contributed by atoms with Crippen LogP contribution in [0, 0.1) is 0 Å². The Morgan fingerprint density at radius 3 is 2.13 bits per heavy atom. The molecule has 0 unspecified atom stereocenters. The van der Waals surface area contributed by atoms with Gasteiger partial charge < -0.3 is 19.5 Å². The highest BCUT2D eigenvalue weighted by Gasteiger charge is 2.14. The normalized spacial score (nSPS) is 9.87. The number of benzene rings is 1. The van der Waals surface area contributed by atoms with E-state index in [1.54, 1.807) is 21.3 Å². The van der Waals surface area contributed by atoms with E-state index in [-0.39, 0.29) is 0 Å². The van der Waals surface area contributed by atoms with E-state index in [1.807, 2.05) is 19.2 Å². The zero-order valence-electron chi connectivity index (χ0n) is 9.59. The highest BCUT2D eigenvalue weighted by molar-refractivity contribution is 5.55. The summed E-state index contributed by atoms with van der Waals surface area (Å²) in [7, 11) is 6.71. The molecule has 0 aliphatic carbocycles. The topological polar surface area (TPSA) is 39.7 Å². The molecule has 0 spiro atoms. The average molecular weight is 211 g/mol. The molecule has 4 nitrogen and oxygen atoms in total. The van der Waals surface area contributed by atoms with Gasteiger partial charge in [-0.15, -0.1) is 0 Å². The lowest BCUT2D eigenvalue weighted by atomic mass is 10.1. The van der Waals surface area contributed by atoms with Crippen LogP contribution in [0.2, 0.25) is 0 Å². The smallest absolute Gasteiger partial charge is 0.203 e. The summed E-state index contributed by atoms with van der Waals surface area (Å²) in [6.45, 7) is 0.726. The maximum atomic E-state index is 5.32. The Hall–Kier alpha value is -1.42. The van der Waals surface area contributed by atoms with Gasteiger partial charge in [-0.3, -0.25) is 0 Å². The molecular formula is C11H17NO3. The molecule has 1 aromatic carbocycles. The van der Waals surface area contributed by atoms with Gasteiger partial charge in [0.25, 0.3) is 0 Å². The van der Waals surface area contributed by atoms with Crippen molar-refractivity contribution in [3.8, 4) is 17.2 Å². The van der Waals surface area contributed by atoms with E-state index < -0.39 is 0 Å². The number of ether oxygens (including phenoxy) is 3. The van der Waals surface area contributed by atoms with Crippen LogP contribution in [0.1, 0.15) is 5.56 Å². The second-order valence-electron chi connectivity index (χ2n) is 3.02. The summed E-state index contributed by atoms with van der Waals surface area (Å²) in [5.41, 5.74) is 1.04. The second-order valence-corrected chi connectivity index (χ2v) is 3.02. The van der Waals surface area contributed by atoms with Crippen LogP contribution in [0.15, 0.2) is 12.1 Å². The first-order valence-electron chi connectivity index (χ1n) is 4.70. The molecule has 84 valence electrons. The van der Waals surface area contributed by atoms with Crippen LogP contribution in [0.3, 0.4) is 0 Å². The number of nitrogens with one attached hydrogen (secondary N) is 1. The van der Waals surface area contributed by atoms with Crippen molar-refractivity contribution in [3.63, 3.8) is 0 Å². The fraction of sp³-hybridized carbons (Fsp3) is 0.455. The highest BCUT2D eigenvalue weighted by atomic mass is 16.5. The minimum atomic E-state index is 0.632. The zero-order chi connectivity index (χ0) is 11.3. The molecular weight excluding hydrogens is 194 g/mol. The molecule has 1 rings (SSSR count). The quantitative estimate of drug-likeness (QED) is 0.799. The lowest BCUT2D eigenvalue weighted by Crippen LogP contribution is -2.07. The van der Waals surface area contributed by atoms with Crippen molar-refractivity contribution in [1.82, 2.24) is 5.32 Å².